The Morgan fingerprint density at radius 3 is 2.79 bits per heavy atom. The van der Waals surface area contributed by atoms with Crippen LogP contribution < -0.4 is 10.5 Å². The van der Waals surface area contributed by atoms with Crippen LogP contribution in [0.5, 0.6) is 5.75 Å². The molecule has 14 heavy (non-hydrogen) atoms. The van der Waals surface area contributed by atoms with Gasteiger partial charge in [-0.1, -0.05) is 6.07 Å². The van der Waals surface area contributed by atoms with Crippen LogP contribution in [0.15, 0.2) is 18.2 Å². The van der Waals surface area contributed by atoms with Gasteiger partial charge in [-0.15, -0.1) is 0 Å². The predicted molar refractivity (Wildman–Crippen MR) is 58.3 cm³/mol. The van der Waals surface area contributed by atoms with E-state index in [2.05, 4.69) is 0 Å². The van der Waals surface area contributed by atoms with E-state index in [-0.39, 0.29) is 17.6 Å². The smallest absolute Gasteiger partial charge is 0.165 e. The van der Waals surface area contributed by atoms with E-state index in [9.17, 15) is 4.39 Å². The maximum atomic E-state index is 13.3. The quantitative estimate of drug-likeness (QED) is 0.836. The number of hydrogen-bond acceptors (Lipinski definition) is 3. The molecule has 1 aromatic carbocycles. The van der Waals surface area contributed by atoms with Crippen LogP contribution in [0.1, 0.15) is 11.6 Å². The molecule has 0 aliphatic heterocycles. The fourth-order valence-electron chi connectivity index (χ4n) is 1.19. The number of rotatable bonds is 4. The van der Waals surface area contributed by atoms with E-state index < -0.39 is 0 Å². The summed E-state index contributed by atoms with van der Waals surface area (Å²) in [5.74, 6) is 0.679. The summed E-state index contributed by atoms with van der Waals surface area (Å²) in [5.41, 5.74) is 6.64. The molecule has 0 saturated carbocycles. The molecular weight excluding hydrogens is 201 g/mol. The van der Waals surface area contributed by atoms with Crippen LogP contribution in [0.25, 0.3) is 0 Å². The zero-order valence-corrected chi connectivity index (χ0v) is 9.10. The van der Waals surface area contributed by atoms with Crippen molar-refractivity contribution in [2.24, 2.45) is 5.73 Å². The molecule has 0 amide bonds. The van der Waals surface area contributed by atoms with Crippen molar-refractivity contribution in [1.82, 2.24) is 0 Å². The van der Waals surface area contributed by atoms with Gasteiger partial charge in [0.2, 0.25) is 0 Å². The zero-order valence-electron chi connectivity index (χ0n) is 8.29. The van der Waals surface area contributed by atoms with Gasteiger partial charge >= 0.3 is 0 Å². The molecule has 2 nitrogen and oxygen atoms in total. The molecule has 1 unspecified atom stereocenters. The minimum atomic E-state index is -0.360. The summed E-state index contributed by atoms with van der Waals surface area (Å²) in [6.07, 6.45) is 1.97. The van der Waals surface area contributed by atoms with Gasteiger partial charge in [-0.2, -0.15) is 11.8 Å². The van der Waals surface area contributed by atoms with Gasteiger partial charge in [0.15, 0.2) is 11.6 Å². The van der Waals surface area contributed by atoms with E-state index in [1.165, 1.54) is 13.2 Å². The minimum Gasteiger partial charge on any atom is -0.494 e. The molecule has 0 spiro atoms. The van der Waals surface area contributed by atoms with Crippen LogP contribution in [0, 0.1) is 5.82 Å². The molecule has 0 fully saturated rings. The number of halogens is 1. The molecule has 0 radical (unpaired) electrons. The van der Waals surface area contributed by atoms with Crippen molar-refractivity contribution >= 4 is 11.8 Å². The minimum absolute atomic E-state index is 0.120. The highest BCUT2D eigenvalue weighted by molar-refractivity contribution is 7.98. The Hall–Kier alpha value is -0.740. The Morgan fingerprint density at radius 1 is 1.57 bits per heavy atom. The van der Waals surface area contributed by atoms with Gasteiger partial charge in [0, 0.05) is 11.8 Å². The fraction of sp³-hybridized carbons (Fsp3) is 0.400. The third kappa shape index (κ3) is 2.62. The van der Waals surface area contributed by atoms with Gasteiger partial charge in [0.25, 0.3) is 0 Å². The van der Waals surface area contributed by atoms with Crippen molar-refractivity contribution in [3.63, 3.8) is 0 Å². The molecule has 2 N–H and O–H groups in total. The molecule has 4 heteroatoms. The first-order valence-electron chi connectivity index (χ1n) is 4.27. The van der Waals surface area contributed by atoms with Gasteiger partial charge in [-0.25, -0.2) is 4.39 Å². The lowest BCUT2D eigenvalue weighted by molar-refractivity contribution is 0.386. The number of ether oxygens (including phenoxy) is 1. The van der Waals surface area contributed by atoms with Crippen LogP contribution in [0.3, 0.4) is 0 Å². The van der Waals surface area contributed by atoms with Crippen molar-refractivity contribution in [2.75, 3.05) is 19.1 Å². The van der Waals surface area contributed by atoms with Crippen LogP contribution in [-0.2, 0) is 0 Å². The summed E-state index contributed by atoms with van der Waals surface area (Å²) in [5, 5.41) is 0. The van der Waals surface area contributed by atoms with Crippen molar-refractivity contribution in [3.05, 3.63) is 29.6 Å². The Bertz CT molecular complexity index is 306. The second-order valence-electron chi connectivity index (χ2n) is 2.96. The summed E-state index contributed by atoms with van der Waals surface area (Å²) in [6, 6.07) is 4.71. The molecule has 0 bridgehead atoms. The Balaban J connectivity index is 2.85. The maximum absolute atomic E-state index is 13.3. The Labute approximate surface area is 87.6 Å². The first-order chi connectivity index (χ1) is 6.69. The van der Waals surface area contributed by atoms with Crippen molar-refractivity contribution < 1.29 is 9.13 Å². The van der Waals surface area contributed by atoms with Gasteiger partial charge in [0.1, 0.15) is 0 Å². The van der Waals surface area contributed by atoms with E-state index in [4.69, 9.17) is 10.5 Å². The Morgan fingerprint density at radius 2 is 2.29 bits per heavy atom. The molecule has 78 valence electrons. The van der Waals surface area contributed by atoms with Crippen molar-refractivity contribution in [2.45, 2.75) is 6.04 Å². The molecule has 0 saturated heterocycles. The standard InChI is InChI=1S/C10H14FNOS/c1-13-10-4-3-7(5-8(10)11)9(12)6-14-2/h3-5,9H,6,12H2,1-2H3. The number of methoxy groups -OCH3 is 1. The topological polar surface area (TPSA) is 35.2 Å². The van der Waals surface area contributed by atoms with E-state index in [1.54, 1.807) is 23.9 Å². The average Bonchev–Trinajstić information content (AvgIpc) is 2.18. The molecule has 0 aliphatic carbocycles. The van der Waals surface area contributed by atoms with E-state index >= 15 is 0 Å². The number of thioether (sulfide) groups is 1. The SMILES string of the molecule is COc1ccc(C(N)CSC)cc1F. The molecule has 0 heterocycles. The monoisotopic (exact) mass is 215 g/mol. The molecule has 0 aromatic heterocycles. The maximum Gasteiger partial charge on any atom is 0.165 e. The Kier molecular flexibility index (Phi) is 4.22. The second kappa shape index (κ2) is 5.22. The summed E-state index contributed by atoms with van der Waals surface area (Å²) in [7, 11) is 1.44. The summed E-state index contributed by atoms with van der Waals surface area (Å²) in [4.78, 5) is 0. The van der Waals surface area contributed by atoms with Crippen LogP contribution >= 0.6 is 11.8 Å². The highest BCUT2D eigenvalue weighted by atomic mass is 32.2. The largest absolute Gasteiger partial charge is 0.494 e. The van der Waals surface area contributed by atoms with Crippen molar-refractivity contribution in [1.29, 1.82) is 0 Å². The molecule has 1 aromatic rings. The van der Waals surface area contributed by atoms with E-state index in [0.717, 1.165) is 11.3 Å². The number of benzene rings is 1. The van der Waals surface area contributed by atoms with Gasteiger partial charge in [0.05, 0.1) is 7.11 Å². The molecule has 1 atom stereocenters. The van der Waals surface area contributed by atoms with Gasteiger partial charge in [-0.3, -0.25) is 0 Å². The highest BCUT2D eigenvalue weighted by Gasteiger charge is 2.08. The lowest BCUT2D eigenvalue weighted by Gasteiger charge is -2.11. The van der Waals surface area contributed by atoms with Crippen molar-refractivity contribution in [3.8, 4) is 5.75 Å². The third-order valence-electron chi connectivity index (χ3n) is 1.95. The summed E-state index contributed by atoms with van der Waals surface area (Å²) < 4.78 is 18.1. The zero-order chi connectivity index (χ0) is 10.6. The fourth-order valence-corrected chi connectivity index (χ4v) is 1.74. The molecule has 1 rings (SSSR count). The summed E-state index contributed by atoms with van der Waals surface area (Å²) in [6.45, 7) is 0. The van der Waals surface area contributed by atoms with Gasteiger partial charge in [-0.05, 0) is 24.0 Å². The number of hydrogen-bond donors (Lipinski definition) is 1. The van der Waals surface area contributed by atoms with E-state index in [0.29, 0.717) is 0 Å². The van der Waals surface area contributed by atoms with Gasteiger partial charge < -0.3 is 10.5 Å². The van der Waals surface area contributed by atoms with Crippen LogP contribution in [-0.4, -0.2) is 19.1 Å². The highest BCUT2D eigenvalue weighted by Crippen LogP contribution is 2.22. The third-order valence-corrected chi connectivity index (χ3v) is 2.64. The summed E-state index contributed by atoms with van der Waals surface area (Å²) >= 11 is 1.64. The molecular formula is C10H14FNOS. The van der Waals surface area contributed by atoms with Crippen LogP contribution in [0.2, 0.25) is 0 Å². The van der Waals surface area contributed by atoms with Crippen LogP contribution in [0.4, 0.5) is 4.39 Å². The van der Waals surface area contributed by atoms with E-state index in [1.807, 2.05) is 6.26 Å². The second-order valence-corrected chi connectivity index (χ2v) is 3.87. The molecule has 0 aliphatic rings. The predicted octanol–water partition coefficient (Wildman–Crippen LogP) is 2.20. The lowest BCUT2D eigenvalue weighted by atomic mass is 10.1. The lowest BCUT2D eigenvalue weighted by Crippen LogP contribution is -2.13. The first-order valence-corrected chi connectivity index (χ1v) is 5.66. The first kappa shape index (κ1) is 11.3. The average molecular weight is 215 g/mol. The normalized spacial score (nSPS) is 12.6. The number of nitrogens with two attached hydrogens (primary N) is 1.